The molecule has 2 nitrogen and oxygen atoms in total. The molecule has 0 aliphatic rings. The molecule has 0 amide bonds. The first-order valence-electron chi connectivity index (χ1n) is 5.27. The first kappa shape index (κ1) is 12.7. The Labute approximate surface area is 114 Å². The van der Waals surface area contributed by atoms with E-state index in [0.717, 1.165) is 24.1 Å². The summed E-state index contributed by atoms with van der Waals surface area (Å²) in [5.74, 6) is 0. The normalized spacial score (nSPS) is 10.8. The third kappa shape index (κ3) is 3.12. The number of hydrogen-bond donors (Lipinski definition) is 1. The lowest BCUT2D eigenvalue weighted by atomic mass is 10.1. The van der Waals surface area contributed by atoms with Crippen molar-refractivity contribution in [3.63, 3.8) is 0 Å². The fourth-order valence-corrected chi connectivity index (χ4v) is 3.24. The monoisotopic (exact) mass is 286 g/mol. The second kappa shape index (κ2) is 5.25. The van der Waals surface area contributed by atoms with Crippen LogP contribution >= 0.6 is 34.5 Å². The van der Waals surface area contributed by atoms with E-state index in [2.05, 4.69) is 11.9 Å². The van der Waals surface area contributed by atoms with Crippen LogP contribution in [-0.2, 0) is 12.8 Å². The number of anilines is 1. The number of hydrogen-bond acceptors (Lipinski definition) is 3. The van der Waals surface area contributed by atoms with E-state index in [1.807, 2.05) is 12.1 Å². The van der Waals surface area contributed by atoms with E-state index in [1.54, 1.807) is 6.07 Å². The van der Waals surface area contributed by atoms with Crippen LogP contribution in [0, 0.1) is 0 Å². The quantitative estimate of drug-likeness (QED) is 0.919. The standard InChI is InChI=1S/C12H12Cl2N2S/c1-2-10-11(17-12(15)16-10)5-7-3-8(13)6-9(14)4-7/h3-4,6H,2,5H2,1H3,(H2,15,16). The number of halogens is 2. The topological polar surface area (TPSA) is 38.9 Å². The number of rotatable bonds is 3. The maximum Gasteiger partial charge on any atom is 0.180 e. The van der Waals surface area contributed by atoms with E-state index in [4.69, 9.17) is 28.9 Å². The van der Waals surface area contributed by atoms with Crippen LogP contribution in [0.15, 0.2) is 18.2 Å². The van der Waals surface area contributed by atoms with E-state index in [0.29, 0.717) is 15.2 Å². The highest BCUT2D eigenvalue weighted by Gasteiger charge is 2.09. The fourth-order valence-electron chi connectivity index (χ4n) is 1.72. The van der Waals surface area contributed by atoms with Gasteiger partial charge in [0.2, 0.25) is 0 Å². The van der Waals surface area contributed by atoms with Gasteiger partial charge in [0.1, 0.15) is 0 Å². The Bertz CT molecular complexity index is 517. The SMILES string of the molecule is CCc1nc(N)sc1Cc1cc(Cl)cc(Cl)c1. The van der Waals surface area contributed by atoms with Gasteiger partial charge in [0.15, 0.2) is 5.13 Å². The molecule has 2 aromatic rings. The van der Waals surface area contributed by atoms with E-state index in [1.165, 1.54) is 16.2 Å². The van der Waals surface area contributed by atoms with Gasteiger partial charge < -0.3 is 5.73 Å². The molecule has 0 saturated heterocycles. The van der Waals surface area contributed by atoms with Crippen LogP contribution in [0.25, 0.3) is 0 Å². The summed E-state index contributed by atoms with van der Waals surface area (Å²) in [7, 11) is 0. The number of thiazole rings is 1. The molecule has 1 aromatic heterocycles. The molecule has 5 heteroatoms. The summed E-state index contributed by atoms with van der Waals surface area (Å²) in [5.41, 5.74) is 7.87. The Kier molecular flexibility index (Phi) is 3.92. The van der Waals surface area contributed by atoms with Gasteiger partial charge in [0.05, 0.1) is 5.69 Å². The first-order chi connectivity index (χ1) is 8.08. The minimum absolute atomic E-state index is 0.616. The van der Waals surface area contributed by atoms with Gasteiger partial charge in [-0.05, 0) is 30.2 Å². The number of benzene rings is 1. The van der Waals surface area contributed by atoms with Crippen LogP contribution in [0.3, 0.4) is 0 Å². The Morgan fingerprint density at radius 3 is 2.47 bits per heavy atom. The van der Waals surface area contributed by atoms with Gasteiger partial charge in [-0.3, -0.25) is 0 Å². The molecule has 0 saturated carbocycles. The summed E-state index contributed by atoms with van der Waals surface area (Å²) < 4.78 is 0. The predicted octanol–water partition coefficient (Wildman–Crippen LogP) is 4.19. The third-order valence-electron chi connectivity index (χ3n) is 2.42. The van der Waals surface area contributed by atoms with Crippen LogP contribution < -0.4 is 5.73 Å². The largest absolute Gasteiger partial charge is 0.375 e. The molecule has 2 rings (SSSR count). The molecule has 17 heavy (non-hydrogen) atoms. The lowest BCUT2D eigenvalue weighted by Crippen LogP contribution is -1.91. The molecule has 0 aliphatic heterocycles. The van der Waals surface area contributed by atoms with Crippen molar-refractivity contribution >= 4 is 39.7 Å². The minimum atomic E-state index is 0.616. The maximum atomic E-state index is 5.97. The van der Waals surface area contributed by atoms with Gasteiger partial charge in [-0.2, -0.15) is 0 Å². The van der Waals surface area contributed by atoms with Crippen molar-refractivity contribution in [3.8, 4) is 0 Å². The van der Waals surface area contributed by atoms with Crippen molar-refractivity contribution in [1.29, 1.82) is 0 Å². The first-order valence-corrected chi connectivity index (χ1v) is 6.84. The smallest absolute Gasteiger partial charge is 0.180 e. The van der Waals surface area contributed by atoms with Crippen LogP contribution in [0.4, 0.5) is 5.13 Å². The van der Waals surface area contributed by atoms with Crippen molar-refractivity contribution in [3.05, 3.63) is 44.4 Å². The van der Waals surface area contributed by atoms with Crippen LogP contribution in [0.2, 0.25) is 10.0 Å². The summed E-state index contributed by atoms with van der Waals surface area (Å²) in [5, 5.41) is 1.93. The molecule has 0 unspecified atom stereocenters. The highest BCUT2D eigenvalue weighted by molar-refractivity contribution is 7.15. The fraction of sp³-hybridized carbons (Fsp3) is 0.250. The zero-order valence-corrected chi connectivity index (χ0v) is 11.7. The van der Waals surface area contributed by atoms with E-state index in [9.17, 15) is 0 Å². The van der Waals surface area contributed by atoms with Gasteiger partial charge in [0.25, 0.3) is 0 Å². The average Bonchev–Trinajstić information content (AvgIpc) is 2.57. The van der Waals surface area contributed by atoms with Crippen molar-refractivity contribution in [2.75, 3.05) is 5.73 Å². The van der Waals surface area contributed by atoms with Gasteiger partial charge >= 0.3 is 0 Å². The number of nitrogens with zero attached hydrogens (tertiary/aromatic N) is 1. The Morgan fingerprint density at radius 2 is 1.88 bits per heavy atom. The molecule has 0 spiro atoms. The second-order valence-electron chi connectivity index (χ2n) is 3.73. The molecule has 0 radical (unpaired) electrons. The predicted molar refractivity (Wildman–Crippen MR) is 75.2 cm³/mol. The van der Waals surface area contributed by atoms with Crippen LogP contribution in [0.5, 0.6) is 0 Å². The number of nitrogen functional groups attached to an aromatic ring is 1. The van der Waals surface area contributed by atoms with Crippen molar-refractivity contribution in [1.82, 2.24) is 4.98 Å². The summed E-state index contributed by atoms with van der Waals surface area (Å²) >= 11 is 13.5. The third-order valence-corrected chi connectivity index (χ3v) is 3.78. The Balaban J connectivity index is 2.30. The number of aromatic nitrogens is 1. The molecule has 0 atom stereocenters. The van der Waals surface area contributed by atoms with Crippen molar-refractivity contribution in [2.45, 2.75) is 19.8 Å². The average molecular weight is 287 g/mol. The highest BCUT2D eigenvalue weighted by atomic mass is 35.5. The van der Waals surface area contributed by atoms with Gasteiger partial charge in [-0.1, -0.05) is 30.1 Å². The summed E-state index contributed by atoms with van der Waals surface area (Å²) in [6.45, 7) is 2.07. The van der Waals surface area contributed by atoms with Crippen molar-refractivity contribution < 1.29 is 0 Å². The van der Waals surface area contributed by atoms with Crippen molar-refractivity contribution in [2.24, 2.45) is 0 Å². The molecular weight excluding hydrogens is 275 g/mol. The highest BCUT2D eigenvalue weighted by Crippen LogP contribution is 2.26. The molecule has 1 heterocycles. The van der Waals surface area contributed by atoms with E-state index >= 15 is 0 Å². The molecule has 90 valence electrons. The molecule has 0 aliphatic carbocycles. The maximum absolute atomic E-state index is 5.97. The summed E-state index contributed by atoms with van der Waals surface area (Å²) in [6.07, 6.45) is 1.66. The molecule has 2 N–H and O–H groups in total. The zero-order valence-electron chi connectivity index (χ0n) is 9.34. The molecule has 0 fully saturated rings. The zero-order chi connectivity index (χ0) is 12.4. The number of aryl methyl sites for hydroxylation is 1. The Morgan fingerprint density at radius 1 is 1.24 bits per heavy atom. The van der Waals surface area contributed by atoms with E-state index < -0.39 is 0 Å². The van der Waals surface area contributed by atoms with Crippen LogP contribution in [0.1, 0.15) is 23.1 Å². The lowest BCUT2D eigenvalue weighted by molar-refractivity contribution is 1.02. The molecule has 1 aromatic carbocycles. The van der Waals surface area contributed by atoms with Crippen LogP contribution in [-0.4, -0.2) is 4.98 Å². The second-order valence-corrected chi connectivity index (χ2v) is 5.72. The van der Waals surface area contributed by atoms with Gasteiger partial charge in [0, 0.05) is 21.3 Å². The number of nitrogens with two attached hydrogens (primary N) is 1. The van der Waals surface area contributed by atoms with Gasteiger partial charge in [-0.15, -0.1) is 11.3 Å². The lowest BCUT2D eigenvalue weighted by Gasteiger charge is -2.02. The Hall–Kier alpha value is -0.770. The molecular formula is C12H12Cl2N2S. The minimum Gasteiger partial charge on any atom is -0.375 e. The summed E-state index contributed by atoms with van der Waals surface area (Å²) in [4.78, 5) is 5.48. The van der Waals surface area contributed by atoms with E-state index in [-0.39, 0.29) is 0 Å². The molecule has 0 bridgehead atoms. The van der Waals surface area contributed by atoms with Gasteiger partial charge in [-0.25, -0.2) is 4.98 Å². The summed E-state index contributed by atoms with van der Waals surface area (Å²) in [6, 6.07) is 5.57.